The van der Waals surface area contributed by atoms with Crippen LogP contribution in [0.25, 0.3) is 5.57 Å². The van der Waals surface area contributed by atoms with Crippen LogP contribution >= 0.6 is 0 Å². The zero-order valence-electron chi connectivity index (χ0n) is 14.2. The minimum absolute atomic E-state index is 0.526. The summed E-state index contributed by atoms with van der Waals surface area (Å²) in [5.74, 6) is 0.936. The molecule has 3 heterocycles. The van der Waals surface area contributed by atoms with Gasteiger partial charge in [0, 0.05) is 36.6 Å². The van der Waals surface area contributed by atoms with Gasteiger partial charge in [-0.05, 0) is 36.5 Å². The van der Waals surface area contributed by atoms with Crippen molar-refractivity contribution >= 4 is 5.57 Å². The summed E-state index contributed by atoms with van der Waals surface area (Å²) < 4.78 is 5.55. The van der Waals surface area contributed by atoms with Gasteiger partial charge in [-0.25, -0.2) is 0 Å². The van der Waals surface area contributed by atoms with Crippen molar-refractivity contribution < 1.29 is 4.74 Å². The van der Waals surface area contributed by atoms with Gasteiger partial charge < -0.3 is 4.74 Å². The van der Waals surface area contributed by atoms with E-state index in [0.29, 0.717) is 12.1 Å². The molecule has 0 N–H and O–H groups in total. The number of hydrogen-bond acceptors (Lipinski definition) is 3. The molecule has 0 saturated carbocycles. The largest absolute Gasteiger partial charge is 0.496 e. The minimum atomic E-state index is 0.526. The first-order valence-electron chi connectivity index (χ1n) is 8.84. The lowest BCUT2D eigenvalue weighted by atomic mass is 9.82. The second kappa shape index (κ2) is 6.78. The number of rotatable bonds is 4. The topological polar surface area (TPSA) is 25.4 Å². The molecular weight excluding hydrogens is 296 g/mol. The molecule has 0 spiro atoms. The van der Waals surface area contributed by atoms with E-state index in [0.717, 1.165) is 24.3 Å². The maximum atomic E-state index is 5.55. The van der Waals surface area contributed by atoms with Crippen molar-refractivity contribution in [2.75, 3.05) is 7.11 Å². The molecule has 2 aliphatic heterocycles. The number of ether oxygens (including phenoxy) is 1. The maximum absolute atomic E-state index is 5.55. The SMILES string of the molecule is COc1ccncc1C1=CC2CCCC(C1)N2Cc1ccccc1. The fourth-order valence-corrected chi connectivity index (χ4v) is 4.16. The third kappa shape index (κ3) is 2.96. The van der Waals surface area contributed by atoms with E-state index in [9.17, 15) is 0 Å². The molecule has 2 aromatic rings. The Labute approximate surface area is 144 Å². The van der Waals surface area contributed by atoms with Crippen molar-refractivity contribution in [3.63, 3.8) is 0 Å². The van der Waals surface area contributed by atoms with E-state index in [2.05, 4.69) is 46.3 Å². The third-order valence-electron chi connectivity index (χ3n) is 5.34. The monoisotopic (exact) mass is 320 g/mol. The number of aromatic nitrogens is 1. The zero-order valence-corrected chi connectivity index (χ0v) is 14.2. The molecule has 24 heavy (non-hydrogen) atoms. The predicted octanol–water partition coefficient (Wildman–Crippen LogP) is 4.30. The van der Waals surface area contributed by atoms with E-state index >= 15 is 0 Å². The lowest BCUT2D eigenvalue weighted by molar-refractivity contribution is 0.0950. The molecule has 0 aliphatic carbocycles. The van der Waals surface area contributed by atoms with E-state index < -0.39 is 0 Å². The average Bonchev–Trinajstić information content (AvgIpc) is 2.62. The molecule has 4 rings (SSSR count). The van der Waals surface area contributed by atoms with Crippen molar-refractivity contribution in [3.05, 3.63) is 66.0 Å². The first-order valence-corrected chi connectivity index (χ1v) is 8.84. The molecule has 0 radical (unpaired) electrons. The van der Waals surface area contributed by atoms with Gasteiger partial charge in [0.1, 0.15) is 5.75 Å². The van der Waals surface area contributed by atoms with Gasteiger partial charge in [0.05, 0.1) is 7.11 Å². The summed E-state index contributed by atoms with van der Waals surface area (Å²) in [6.45, 7) is 1.05. The quantitative estimate of drug-likeness (QED) is 0.840. The summed E-state index contributed by atoms with van der Waals surface area (Å²) >= 11 is 0. The summed E-state index contributed by atoms with van der Waals surface area (Å²) in [6.07, 6.45) is 11.2. The van der Waals surface area contributed by atoms with E-state index in [1.54, 1.807) is 13.3 Å². The van der Waals surface area contributed by atoms with Crippen LogP contribution < -0.4 is 4.74 Å². The average molecular weight is 320 g/mol. The van der Waals surface area contributed by atoms with Crippen LogP contribution in [0.3, 0.4) is 0 Å². The Morgan fingerprint density at radius 3 is 2.83 bits per heavy atom. The minimum Gasteiger partial charge on any atom is -0.496 e. The van der Waals surface area contributed by atoms with Crippen LogP contribution in [0, 0.1) is 0 Å². The van der Waals surface area contributed by atoms with Gasteiger partial charge in [-0.2, -0.15) is 0 Å². The van der Waals surface area contributed by atoms with Crippen LogP contribution in [-0.4, -0.2) is 29.1 Å². The van der Waals surface area contributed by atoms with Crippen LogP contribution in [-0.2, 0) is 6.54 Å². The molecular formula is C21H24N2O. The van der Waals surface area contributed by atoms with Crippen molar-refractivity contribution in [1.29, 1.82) is 0 Å². The number of fused-ring (bicyclic) bond motifs is 2. The molecule has 0 amide bonds. The second-order valence-corrected chi connectivity index (χ2v) is 6.78. The molecule has 1 aromatic carbocycles. The number of benzene rings is 1. The van der Waals surface area contributed by atoms with Crippen LogP contribution in [0.4, 0.5) is 0 Å². The third-order valence-corrected chi connectivity index (χ3v) is 5.34. The molecule has 1 fully saturated rings. The van der Waals surface area contributed by atoms with Gasteiger partial charge in [0.2, 0.25) is 0 Å². The van der Waals surface area contributed by atoms with Crippen molar-refractivity contribution in [2.45, 2.75) is 44.3 Å². The Hall–Kier alpha value is -2.13. The highest BCUT2D eigenvalue weighted by Crippen LogP contribution is 2.39. The Kier molecular flexibility index (Phi) is 4.35. The molecule has 1 aromatic heterocycles. The van der Waals surface area contributed by atoms with Gasteiger partial charge in [-0.3, -0.25) is 9.88 Å². The molecule has 1 saturated heterocycles. The zero-order chi connectivity index (χ0) is 16.4. The van der Waals surface area contributed by atoms with Gasteiger partial charge in [-0.1, -0.05) is 42.8 Å². The number of nitrogens with zero attached hydrogens (tertiary/aromatic N) is 2. The van der Waals surface area contributed by atoms with Crippen LogP contribution in [0.15, 0.2) is 54.9 Å². The summed E-state index contributed by atoms with van der Waals surface area (Å²) in [6, 6.07) is 13.9. The predicted molar refractivity (Wildman–Crippen MR) is 96.8 cm³/mol. The Morgan fingerprint density at radius 2 is 2.04 bits per heavy atom. The smallest absolute Gasteiger partial charge is 0.129 e. The van der Waals surface area contributed by atoms with Gasteiger partial charge >= 0.3 is 0 Å². The number of piperidine rings is 1. The fraction of sp³-hybridized carbons (Fsp3) is 0.381. The summed E-state index contributed by atoms with van der Waals surface area (Å²) in [5.41, 5.74) is 3.97. The second-order valence-electron chi connectivity index (χ2n) is 6.78. The highest BCUT2D eigenvalue weighted by atomic mass is 16.5. The molecule has 124 valence electrons. The van der Waals surface area contributed by atoms with Crippen LogP contribution in [0.1, 0.15) is 36.8 Å². The van der Waals surface area contributed by atoms with Crippen LogP contribution in [0.2, 0.25) is 0 Å². The van der Waals surface area contributed by atoms with E-state index in [-0.39, 0.29) is 0 Å². The normalized spacial score (nSPS) is 23.6. The van der Waals surface area contributed by atoms with Gasteiger partial charge in [-0.15, -0.1) is 0 Å². The van der Waals surface area contributed by atoms with Crippen molar-refractivity contribution in [2.24, 2.45) is 0 Å². The Morgan fingerprint density at radius 1 is 1.17 bits per heavy atom. The highest BCUT2D eigenvalue weighted by Gasteiger charge is 2.34. The highest BCUT2D eigenvalue weighted by molar-refractivity contribution is 5.71. The first kappa shape index (κ1) is 15.4. The summed E-state index contributed by atoms with van der Waals surface area (Å²) in [7, 11) is 1.74. The van der Waals surface area contributed by atoms with E-state index in [1.165, 1.54) is 30.4 Å². The number of methoxy groups -OCH3 is 1. The van der Waals surface area contributed by atoms with E-state index in [4.69, 9.17) is 4.74 Å². The van der Waals surface area contributed by atoms with Gasteiger partial charge in [0.25, 0.3) is 0 Å². The summed E-state index contributed by atoms with van der Waals surface area (Å²) in [4.78, 5) is 7.00. The van der Waals surface area contributed by atoms with Crippen LogP contribution in [0.5, 0.6) is 5.75 Å². The standard InChI is InChI=1S/C21H24N2O/c1-24-21-10-11-22-14-20(21)17-12-18-8-5-9-19(13-17)23(18)15-16-6-3-2-4-7-16/h2-4,6-7,10-12,14,18-19H,5,8-9,13,15H2,1H3. The number of pyridine rings is 1. The Bertz CT molecular complexity index is 726. The lowest BCUT2D eigenvalue weighted by Crippen LogP contribution is -2.47. The first-order chi connectivity index (χ1) is 11.8. The molecule has 2 aliphatic rings. The number of hydrogen-bond donors (Lipinski definition) is 0. The van der Waals surface area contributed by atoms with E-state index in [1.807, 2.05) is 12.3 Å². The van der Waals surface area contributed by atoms with Gasteiger partial charge in [0.15, 0.2) is 0 Å². The summed E-state index contributed by atoms with van der Waals surface area (Å²) in [5, 5.41) is 0. The lowest BCUT2D eigenvalue weighted by Gasteiger charge is -2.45. The Balaban J connectivity index is 1.62. The molecule has 3 nitrogen and oxygen atoms in total. The molecule has 3 heteroatoms. The van der Waals surface area contributed by atoms with Crippen molar-refractivity contribution in [3.8, 4) is 5.75 Å². The maximum Gasteiger partial charge on any atom is 0.129 e. The molecule has 2 atom stereocenters. The molecule has 2 unspecified atom stereocenters. The van der Waals surface area contributed by atoms with Crippen molar-refractivity contribution in [1.82, 2.24) is 9.88 Å². The molecule has 2 bridgehead atoms. The fourth-order valence-electron chi connectivity index (χ4n) is 4.16.